The van der Waals surface area contributed by atoms with Gasteiger partial charge >= 0.3 is 5.97 Å². The van der Waals surface area contributed by atoms with E-state index in [1.165, 1.54) is 6.08 Å². The molecule has 7 nitrogen and oxygen atoms in total. The van der Waals surface area contributed by atoms with Crippen molar-refractivity contribution < 1.29 is 19.1 Å². The molecule has 0 spiro atoms. The smallest absolute Gasteiger partial charge is 0.349 e. The zero-order valence-electron chi connectivity index (χ0n) is 18.7. The predicted molar refractivity (Wildman–Crippen MR) is 115 cm³/mol. The third-order valence-corrected chi connectivity index (χ3v) is 6.03. The first-order valence-corrected chi connectivity index (χ1v) is 10.5. The Balaban J connectivity index is 1.99. The molecule has 0 radical (unpaired) electrons. The molecule has 0 atom stereocenters. The molecule has 30 heavy (non-hydrogen) atoms. The maximum Gasteiger partial charge on any atom is 0.349 e. The fourth-order valence-corrected chi connectivity index (χ4v) is 3.93. The molecule has 0 bridgehead atoms. The van der Waals surface area contributed by atoms with Crippen molar-refractivity contribution in [2.24, 2.45) is 5.92 Å². The first-order valence-electron chi connectivity index (χ1n) is 10.5. The van der Waals surface area contributed by atoms with Crippen molar-refractivity contribution in [1.29, 1.82) is 5.26 Å². The standard InChI is InChI=1S/C23H33N3O4/c1-16-6-8-21(9-7-16)25(4)22(27)15-30-23(28)20(14-24)13-19-12-17(2)26(18(19)3)10-11-29-5/h12-13,16,21H,6-11,15H2,1-5H3/b20-13+. The summed E-state index contributed by atoms with van der Waals surface area (Å²) in [7, 11) is 3.40. The van der Waals surface area contributed by atoms with Gasteiger partial charge in [0.15, 0.2) is 6.61 Å². The van der Waals surface area contributed by atoms with Gasteiger partial charge in [-0.1, -0.05) is 6.92 Å². The topological polar surface area (TPSA) is 84.6 Å². The van der Waals surface area contributed by atoms with E-state index in [-0.39, 0.29) is 24.1 Å². The van der Waals surface area contributed by atoms with E-state index in [4.69, 9.17) is 9.47 Å². The van der Waals surface area contributed by atoms with E-state index in [2.05, 4.69) is 11.5 Å². The number of esters is 1. The molecule has 1 heterocycles. The van der Waals surface area contributed by atoms with E-state index in [0.29, 0.717) is 19.1 Å². The van der Waals surface area contributed by atoms with Crippen LogP contribution in [0.15, 0.2) is 11.6 Å². The SMILES string of the molecule is COCCn1c(C)cc(/C=C(\C#N)C(=O)OCC(=O)N(C)C2CCC(C)CC2)c1C. The van der Waals surface area contributed by atoms with Crippen LogP contribution in [0.25, 0.3) is 6.08 Å². The second kappa shape index (κ2) is 11.0. The van der Waals surface area contributed by atoms with Crippen LogP contribution in [-0.4, -0.2) is 54.8 Å². The van der Waals surface area contributed by atoms with Crippen LogP contribution in [0, 0.1) is 31.1 Å². The van der Waals surface area contributed by atoms with Crippen LogP contribution in [0.1, 0.15) is 49.6 Å². The number of aromatic nitrogens is 1. The molecule has 1 aromatic heterocycles. The number of hydrogen-bond acceptors (Lipinski definition) is 5. The van der Waals surface area contributed by atoms with Gasteiger partial charge in [0, 0.05) is 38.1 Å². The van der Waals surface area contributed by atoms with Crippen molar-refractivity contribution in [2.75, 3.05) is 27.4 Å². The molecule has 2 rings (SSSR count). The summed E-state index contributed by atoms with van der Waals surface area (Å²) >= 11 is 0. The highest BCUT2D eigenvalue weighted by Gasteiger charge is 2.25. The van der Waals surface area contributed by atoms with Crippen molar-refractivity contribution in [3.8, 4) is 6.07 Å². The number of ether oxygens (including phenoxy) is 2. The quantitative estimate of drug-likeness (QED) is 0.370. The predicted octanol–water partition coefficient (Wildman–Crippen LogP) is 3.24. The summed E-state index contributed by atoms with van der Waals surface area (Å²) in [6.45, 7) is 7.03. The summed E-state index contributed by atoms with van der Waals surface area (Å²) in [6.07, 6.45) is 5.67. The second-order valence-electron chi connectivity index (χ2n) is 8.14. The number of carbonyl (C=O) groups excluding carboxylic acids is 2. The van der Waals surface area contributed by atoms with E-state index in [9.17, 15) is 14.9 Å². The molecule has 1 aromatic rings. The Bertz CT molecular complexity index is 826. The molecule has 0 aromatic carbocycles. The average Bonchev–Trinajstić information content (AvgIpc) is 3.00. The van der Waals surface area contributed by atoms with E-state index in [1.807, 2.05) is 26.0 Å². The lowest BCUT2D eigenvalue weighted by Gasteiger charge is -2.33. The van der Waals surface area contributed by atoms with E-state index in [1.54, 1.807) is 19.1 Å². The van der Waals surface area contributed by atoms with Crippen molar-refractivity contribution in [3.05, 3.63) is 28.6 Å². The highest BCUT2D eigenvalue weighted by Crippen LogP contribution is 2.26. The number of hydrogen-bond donors (Lipinski definition) is 0. The number of amides is 1. The number of methoxy groups -OCH3 is 1. The number of nitrogens with zero attached hydrogens (tertiary/aromatic N) is 3. The molecule has 1 amide bonds. The lowest BCUT2D eigenvalue weighted by Crippen LogP contribution is -2.41. The van der Waals surface area contributed by atoms with E-state index in [0.717, 1.165) is 42.6 Å². The Morgan fingerprint density at radius 3 is 2.57 bits per heavy atom. The fourth-order valence-electron chi connectivity index (χ4n) is 3.93. The van der Waals surface area contributed by atoms with Gasteiger partial charge in [0.1, 0.15) is 11.6 Å². The molecular formula is C23H33N3O4. The molecular weight excluding hydrogens is 382 g/mol. The van der Waals surface area contributed by atoms with Crippen LogP contribution < -0.4 is 0 Å². The van der Waals surface area contributed by atoms with Gasteiger partial charge in [0.05, 0.1) is 6.61 Å². The summed E-state index contributed by atoms with van der Waals surface area (Å²) in [5.74, 6) is -0.321. The van der Waals surface area contributed by atoms with Gasteiger partial charge in [0.25, 0.3) is 5.91 Å². The number of rotatable bonds is 8. The average molecular weight is 416 g/mol. The summed E-state index contributed by atoms with van der Waals surface area (Å²) < 4.78 is 12.4. The zero-order valence-corrected chi connectivity index (χ0v) is 18.7. The first-order chi connectivity index (χ1) is 14.3. The normalized spacial score (nSPS) is 19.3. The highest BCUT2D eigenvalue weighted by molar-refractivity contribution is 5.99. The fraction of sp³-hybridized carbons (Fsp3) is 0.609. The van der Waals surface area contributed by atoms with Gasteiger partial charge < -0.3 is 18.9 Å². The minimum atomic E-state index is -0.779. The van der Waals surface area contributed by atoms with Gasteiger partial charge in [-0.25, -0.2) is 4.79 Å². The third-order valence-electron chi connectivity index (χ3n) is 6.03. The minimum Gasteiger partial charge on any atom is -0.451 e. The van der Waals surface area contributed by atoms with Crippen molar-refractivity contribution in [3.63, 3.8) is 0 Å². The van der Waals surface area contributed by atoms with Crippen LogP contribution in [0.3, 0.4) is 0 Å². The van der Waals surface area contributed by atoms with Gasteiger partial charge in [-0.05, 0) is 63.2 Å². The molecule has 0 unspecified atom stereocenters. The maximum absolute atomic E-state index is 12.4. The minimum absolute atomic E-state index is 0.121. The van der Waals surface area contributed by atoms with Crippen molar-refractivity contribution in [2.45, 2.75) is 59.0 Å². The summed E-state index contributed by atoms with van der Waals surface area (Å²) in [6, 6.07) is 4.00. The molecule has 1 fully saturated rings. The number of carbonyl (C=O) groups is 2. The van der Waals surface area contributed by atoms with Crippen LogP contribution in [0.4, 0.5) is 0 Å². The zero-order chi connectivity index (χ0) is 22.3. The van der Waals surface area contributed by atoms with E-state index >= 15 is 0 Å². The number of likely N-dealkylation sites (N-methyl/N-ethyl adjacent to an activating group) is 1. The molecule has 1 aliphatic carbocycles. The van der Waals surface area contributed by atoms with Gasteiger partial charge in [-0.15, -0.1) is 0 Å². The third kappa shape index (κ3) is 5.96. The molecule has 0 N–H and O–H groups in total. The summed E-state index contributed by atoms with van der Waals surface area (Å²) in [5.41, 5.74) is 2.60. The van der Waals surface area contributed by atoms with E-state index < -0.39 is 5.97 Å². The lowest BCUT2D eigenvalue weighted by atomic mass is 9.87. The lowest BCUT2D eigenvalue weighted by molar-refractivity contribution is -0.149. The number of aryl methyl sites for hydroxylation is 1. The maximum atomic E-state index is 12.4. The molecule has 0 saturated heterocycles. The van der Waals surface area contributed by atoms with Crippen LogP contribution in [0.2, 0.25) is 0 Å². The van der Waals surface area contributed by atoms with Crippen LogP contribution in [0.5, 0.6) is 0 Å². The van der Waals surface area contributed by atoms with Gasteiger partial charge in [-0.3, -0.25) is 4.79 Å². The Hall–Kier alpha value is -2.59. The molecule has 1 saturated carbocycles. The Morgan fingerprint density at radius 1 is 1.30 bits per heavy atom. The molecule has 0 aliphatic heterocycles. The Morgan fingerprint density at radius 2 is 1.97 bits per heavy atom. The molecule has 7 heteroatoms. The summed E-state index contributed by atoms with van der Waals surface area (Å²) in [5, 5.41) is 9.43. The van der Waals surface area contributed by atoms with Crippen molar-refractivity contribution >= 4 is 18.0 Å². The largest absolute Gasteiger partial charge is 0.451 e. The van der Waals surface area contributed by atoms with Gasteiger partial charge in [-0.2, -0.15) is 5.26 Å². The molecule has 1 aliphatic rings. The Kier molecular flexibility index (Phi) is 8.67. The molecule has 164 valence electrons. The van der Waals surface area contributed by atoms with Crippen molar-refractivity contribution in [1.82, 2.24) is 9.47 Å². The summed E-state index contributed by atoms with van der Waals surface area (Å²) in [4.78, 5) is 26.5. The van der Waals surface area contributed by atoms with Crippen LogP contribution >= 0.6 is 0 Å². The second-order valence-corrected chi connectivity index (χ2v) is 8.14. The first kappa shape index (κ1) is 23.7. The monoisotopic (exact) mass is 415 g/mol. The number of nitriles is 1. The van der Waals surface area contributed by atoms with Crippen LogP contribution in [-0.2, 0) is 25.6 Å². The highest BCUT2D eigenvalue weighted by atomic mass is 16.5. The van der Waals surface area contributed by atoms with Gasteiger partial charge in [0.2, 0.25) is 0 Å². The Labute approximate surface area is 179 Å².